The summed E-state index contributed by atoms with van der Waals surface area (Å²) >= 11 is 7.57. The van der Waals surface area contributed by atoms with E-state index in [2.05, 4.69) is 0 Å². The molecular formula is C25H27ClN2O4S. The highest BCUT2D eigenvalue weighted by atomic mass is 35.5. The minimum atomic E-state index is -0.166. The molecule has 33 heavy (non-hydrogen) atoms. The fourth-order valence-electron chi connectivity index (χ4n) is 4.24. The summed E-state index contributed by atoms with van der Waals surface area (Å²) in [7, 11) is 0. The first kappa shape index (κ1) is 23.6. The van der Waals surface area contributed by atoms with Crippen molar-refractivity contribution >= 4 is 41.1 Å². The minimum absolute atomic E-state index is 0.0305. The van der Waals surface area contributed by atoms with Crippen LogP contribution in [0.1, 0.15) is 46.6 Å². The van der Waals surface area contributed by atoms with Crippen molar-refractivity contribution in [1.29, 1.82) is 0 Å². The molecule has 0 spiro atoms. The zero-order valence-electron chi connectivity index (χ0n) is 18.5. The van der Waals surface area contributed by atoms with Gasteiger partial charge < -0.3 is 14.5 Å². The molecule has 2 heterocycles. The maximum Gasteiger partial charge on any atom is 0.309 e. The molecule has 0 aliphatic carbocycles. The lowest BCUT2D eigenvalue weighted by Crippen LogP contribution is -2.40. The van der Waals surface area contributed by atoms with E-state index in [1.54, 1.807) is 23.6 Å². The third-order valence-electron chi connectivity index (χ3n) is 6.08. The number of piperidine rings is 1. The van der Waals surface area contributed by atoms with Crippen molar-refractivity contribution < 1.29 is 19.1 Å². The van der Waals surface area contributed by atoms with Crippen LogP contribution in [0.25, 0.3) is 0 Å². The van der Waals surface area contributed by atoms with Gasteiger partial charge in [-0.25, -0.2) is 0 Å². The number of nitrogens with zero attached hydrogens (tertiary/aromatic N) is 2. The first-order valence-electron chi connectivity index (χ1n) is 11.2. The minimum Gasteiger partial charge on any atom is -0.466 e. The van der Waals surface area contributed by atoms with Crippen molar-refractivity contribution in [3.05, 3.63) is 70.2 Å². The van der Waals surface area contributed by atoms with Crippen molar-refractivity contribution in [2.75, 3.05) is 25.4 Å². The van der Waals surface area contributed by atoms with E-state index in [9.17, 15) is 14.4 Å². The molecule has 2 aromatic rings. The van der Waals surface area contributed by atoms with E-state index < -0.39 is 0 Å². The van der Waals surface area contributed by atoms with Crippen molar-refractivity contribution in [3.8, 4) is 0 Å². The average molecular weight is 487 g/mol. The number of benzene rings is 2. The molecule has 8 heteroatoms. The van der Waals surface area contributed by atoms with Crippen LogP contribution in [-0.2, 0) is 20.9 Å². The lowest BCUT2D eigenvalue weighted by molar-refractivity contribution is -0.149. The molecule has 6 nitrogen and oxygen atoms in total. The van der Waals surface area contributed by atoms with Crippen molar-refractivity contribution in [3.63, 3.8) is 0 Å². The maximum atomic E-state index is 12.9. The van der Waals surface area contributed by atoms with Gasteiger partial charge in [0, 0.05) is 30.2 Å². The Morgan fingerprint density at radius 2 is 1.73 bits per heavy atom. The standard InChI is InChI=1S/C25H27ClN2O4S/c1-2-32-25(31)20-11-13-27(14-12-20)23(30)18-5-7-19(8-6-18)24-28(22(29)16-33-24)15-17-3-9-21(26)10-4-17/h3-10,20,24H,2,11-16H2,1H3/t24-/m1/s1. The van der Waals surface area contributed by atoms with E-state index in [1.165, 1.54) is 0 Å². The van der Waals surface area contributed by atoms with Crippen LogP contribution in [0.15, 0.2) is 48.5 Å². The number of carbonyl (C=O) groups is 3. The molecule has 2 aromatic carbocycles. The summed E-state index contributed by atoms with van der Waals surface area (Å²) in [5.74, 6) is 0.219. The summed E-state index contributed by atoms with van der Waals surface area (Å²) in [6, 6.07) is 15.1. The molecule has 0 aromatic heterocycles. The molecule has 0 unspecified atom stereocenters. The van der Waals surface area contributed by atoms with Crippen LogP contribution in [0, 0.1) is 5.92 Å². The lowest BCUT2D eigenvalue weighted by Gasteiger charge is -2.31. The van der Waals surface area contributed by atoms with Gasteiger partial charge >= 0.3 is 5.97 Å². The van der Waals surface area contributed by atoms with Gasteiger partial charge in [-0.15, -0.1) is 11.8 Å². The van der Waals surface area contributed by atoms with E-state index in [4.69, 9.17) is 16.3 Å². The van der Waals surface area contributed by atoms with Gasteiger partial charge in [-0.3, -0.25) is 14.4 Å². The molecule has 0 radical (unpaired) electrons. The van der Waals surface area contributed by atoms with Gasteiger partial charge in [0.25, 0.3) is 5.91 Å². The van der Waals surface area contributed by atoms with Gasteiger partial charge in [-0.05, 0) is 55.2 Å². The van der Waals surface area contributed by atoms with Crippen LogP contribution in [-0.4, -0.2) is 53.0 Å². The molecule has 4 rings (SSSR count). The Morgan fingerprint density at radius 3 is 2.36 bits per heavy atom. The molecule has 1 atom stereocenters. The van der Waals surface area contributed by atoms with E-state index >= 15 is 0 Å². The number of thioether (sulfide) groups is 1. The zero-order valence-corrected chi connectivity index (χ0v) is 20.1. The van der Waals surface area contributed by atoms with E-state index in [0.29, 0.717) is 55.4 Å². The van der Waals surface area contributed by atoms with Crippen LogP contribution in [0.4, 0.5) is 0 Å². The number of halogens is 1. The second-order valence-electron chi connectivity index (χ2n) is 8.25. The van der Waals surface area contributed by atoms with Gasteiger partial charge in [0.1, 0.15) is 5.37 Å². The Morgan fingerprint density at radius 1 is 1.06 bits per heavy atom. The first-order valence-corrected chi connectivity index (χ1v) is 12.6. The molecule has 2 aliphatic rings. The second-order valence-corrected chi connectivity index (χ2v) is 9.76. The summed E-state index contributed by atoms with van der Waals surface area (Å²) in [5.41, 5.74) is 2.64. The van der Waals surface area contributed by atoms with Crippen LogP contribution >= 0.6 is 23.4 Å². The summed E-state index contributed by atoms with van der Waals surface area (Å²) in [6.45, 7) is 3.80. The van der Waals surface area contributed by atoms with Gasteiger partial charge in [0.05, 0.1) is 18.3 Å². The normalized spacial score (nSPS) is 19.1. The highest BCUT2D eigenvalue weighted by Crippen LogP contribution is 2.39. The fraction of sp³-hybridized carbons (Fsp3) is 0.400. The number of ether oxygens (including phenoxy) is 1. The largest absolute Gasteiger partial charge is 0.466 e. The number of rotatable bonds is 6. The molecule has 0 bridgehead atoms. The van der Waals surface area contributed by atoms with E-state index in [-0.39, 0.29) is 29.1 Å². The van der Waals surface area contributed by atoms with Crippen LogP contribution in [0.5, 0.6) is 0 Å². The van der Waals surface area contributed by atoms with Gasteiger partial charge in [0.15, 0.2) is 0 Å². The third-order valence-corrected chi connectivity index (χ3v) is 7.59. The molecular weight excluding hydrogens is 460 g/mol. The summed E-state index contributed by atoms with van der Waals surface area (Å²) in [6.07, 6.45) is 1.26. The van der Waals surface area contributed by atoms with Crippen molar-refractivity contribution in [1.82, 2.24) is 9.80 Å². The molecule has 0 saturated carbocycles. The first-order chi connectivity index (χ1) is 16.0. The van der Waals surface area contributed by atoms with Gasteiger partial charge in [0.2, 0.25) is 5.91 Å². The summed E-state index contributed by atoms with van der Waals surface area (Å²) in [5, 5.41) is 0.584. The monoisotopic (exact) mass is 486 g/mol. The number of amides is 2. The van der Waals surface area contributed by atoms with E-state index in [0.717, 1.165) is 11.1 Å². The molecule has 2 aliphatic heterocycles. The smallest absolute Gasteiger partial charge is 0.309 e. The molecule has 174 valence electrons. The highest BCUT2D eigenvalue weighted by Gasteiger charge is 2.33. The van der Waals surface area contributed by atoms with Crippen molar-refractivity contribution in [2.24, 2.45) is 5.92 Å². The summed E-state index contributed by atoms with van der Waals surface area (Å²) in [4.78, 5) is 41.0. The molecule has 2 fully saturated rings. The Hall–Kier alpha value is -2.51. The number of hydrogen-bond donors (Lipinski definition) is 0. The Bertz CT molecular complexity index is 1000. The number of hydrogen-bond acceptors (Lipinski definition) is 5. The maximum absolute atomic E-state index is 12.9. The Kier molecular flexibility index (Phi) is 7.60. The van der Waals surface area contributed by atoms with Crippen molar-refractivity contribution in [2.45, 2.75) is 31.7 Å². The Labute approximate surface area is 203 Å². The fourth-order valence-corrected chi connectivity index (χ4v) is 5.55. The zero-order chi connectivity index (χ0) is 23.4. The third kappa shape index (κ3) is 5.53. The van der Waals surface area contributed by atoms with Gasteiger partial charge in [-0.2, -0.15) is 0 Å². The highest BCUT2D eigenvalue weighted by molar-refractivity contribution is 8.00. The lowest BCUT2D eigenvalue weighted by atomic mass is 9.96. The predicted molar refractivity (Wildman–Crippen MR) is 129 cm³/mol. The van der Waals surface area contributed by atoms with E-state index in [1.807, 2.05) is 53.4 Å². The van der Waals surface area contributed by atoms with Crippen LogP contribution in [0.3, 0.4) is 0 Å². The number of esters is 1. The molecule has 2 amide bonds. The van der Waals surface area contributed by atoms with Gasteiger partial charge in [-0.1, -0.05) is 35.9 Å². The molecule has 2 saturated heterocycles. The SMILES string of the molecule is CCOC(=O)C1CCN(C(=O)c2ccc([C@H]3SCC(=O)N3Cc3ccc(Cl)cc3)cc2)CC1. The van der Waals surface area contributed by atoms with Crippen LogP contribution < -0.4 is 0 Å². The topological polar surface area (TPSA) is 66.9 Å². The quantitative estimate of drug-likeness (QED) is 0.561. The summed E-state index contributed by atoms with van der Waals surface area (Å²) < 4.78 is 5.10. The number of likely N-dealkylation sites (tertiary alicyclic amines) is 1. The second kappa shape index (κ2) is 10.6. The molecule has 0 N–H and O–H groups in total. The Balaban J connectivity index is 1.39. The average Bonchev–Trinajstić information content (AvgIpc) is 3.20. The van der Waals surface area contributed by atoms with Crippen LogP contribution in [0.2, 0.25) is 5.02 Å². The predicted octanol–water partition coefficient (Wildman–Crippen LogP) is 4.53. The number of carbonyl (C=O) groups excluding carboxylic acids is 3.